The molecule has 0 aliphatic carbocycles. The van der Waals surface area contributed by atoms with E-state index >= 15 is 0 Å². The number of thiophene rings is 1. The Hall–Kier alpha value is -3.25. The van der Waals surface area contributed by atoms with E-state index in [4.69, 9.17) is 13.8 Å². The minimum atomic E-state index is -0.337. The molecule has 5 nitrogen and oxygen atoms in total. The Morgan fingerprint density at radius 2 is 1.60 bits per heavy atom. The normalized spacial score (nSPS) is 12.8. The summed E-state index contributed by atoms with van der Waals surface area (Å²) >= 11 is 1.77. The average Bonchev–Trinajstić information content (AvgIpc) is 3.81. The minimum Gasteiger partial charge on any atom is -0.512 e. The van der Waals surface area contributed by atoms with Crippen LogP contribution in [-0.4, -0.2) is 15.9 Å². The van der Waals surface area contributed by atoms with Gasteiger partial charge in [0.05, 0.1) is 11.6 Å². The first-order valence-corrected chi connectivity index (χ1v) is 17.3. The van der Waals surface area contributed by atoms with Crippen LogP contribution in [0.3, 0.4) is 0 Å². The molecule has 2 aromatic carbocycles. The molecule has 0 unspecified atom stereocenters. The molecule has 0 saturated heterocycles. The quantitative estimate of drug-likeness (QED) is 0.0939. The van der Waals surface area contributed by atoms with Crippen molar-refractivity contribution in [2.75, 3.05) is 0 Å². The van der Waals surface area contributed by atoms with E-state index in [1.807, 2.05) is 65.9 Å². The summed E-state index contributed by atoms with van der Waals surface area (Å²) in [6.45, 7) is 18.8. The van der Waals surface area contributed by atoms with Gasteiger partial charge in [0, 0.05) is 59.7 Å². The van der Waals surface area contributed by atoms with Gasteiger partial charge in [-0.2, -0.15) is 11.3 Å². The first-order valence-electron chi connectivity index (χ1n) is 16.4. The largest absolute Gasteiger partial charge is 0.512 e. The van der Waals surface area contributed by atoms with Crippen LogP contribution in [0.4, 0.5) is 0 Å². The average molecular weight is 829 g/mol. The van der Waals surface area contributed by atoms with E-state index in [0.717, 1.165) is 75.2 Å². The van der Waals surface area contributed by atoms with Crippen molar-refractivity contribution < 1.29 is 38.8 Å². The maximum Gasteiger partial charge on any atom is 0.164 e. The summed E-state index contributed by atoms with van der Waals surface area (Å²) < 4.78 is 13.1. The van der Waals surface area contributed by atoms with Gasteiger partial charge in [0.15, 0.2) is 5.78 Å². The van der Waals surface area contributed by atoms with Crippen LogP contribution in [0.1, 0.15) is 93.6 Å². The topological polar surface area (TPSA) is 76.5 Å². The van der Waals surface area contributed by atoms with Crippen LogP contribution < -0.4 is 0 Å². The SMILES string of the molecule is CC(C)(C)c1cc(-c2nccc3oc4c5ccoc5ccc4c23)[c-]c2ccsc12.CCC(C)(CC)C(=O)/C=C(\O)C(C)(CC)CC.[Ir]. The molecule has 0 spiro atoms. The van der Waals surface area contributed by atoms with Crippen LogP contribution in [0.15, 0.2) is 74.9 Å². The van der Waals surface area contributed by atoms with Crippen molar-refractivity contribution in [3.63, 3.8) is 0 Å². The second-order valence-corrected chi connectivity index (χ2v) is 14.8. The number of fused-ring (bicyclic) bond motifs is 6. The second kappa shape index (κ2) is 14.1. The maximum absolute atomic E-state index is 12.2. The Morgan fingerprint density at radius 1 is 0.915 bits per heavy atom. The Labute approximate surface area is 295 Å². The zero-order valence-electron chi connectivity index (χ0n) is 29.0. The number of rotatable bonds is 8. The number of aromatic nitrogens is 1. The van der Waals surface area contributed by atoms with E-state index in [2.05, 4.69) is 50.4 Å². The van der Waals surface area contributed by atoms with Gasteiger partial charge in [-0.15, -0.1) is 23.6 Å². The van der Waals surface area contributed by atoms with E-state index in [1.54, 1.807) is 17.6 Å². The number of carbonyl (C=O) groups excluding carboxylic acids is 1. The van der Waals surface area contributed by atoms with Crippen LogP contribution in [0.5, 0.6) is 0 Å². The summed E-state index contributed by atoms with van der Waals surface area (Å²) in [6.07, 6.45) is 8.27. The molecule has 4 heterocycles. The Bertz CT molecular complexity index is 2050. The Morgan fingerprint density at radius 3 is 2.23 bits per heavy atom. The van der Waals surface area contributed by atoms with E-state index < -0.39 is 0 Å². The fraction of sp³-hybridized carbons (Fsp3) is 0.400. The fourth-order valence-corrected chi connectivity index (χ4v) is 6.88. The molecule has 4 aromatic heterocycles. The van der Waals surface area contributed by atoms with Gasteiger partial charge >= 0.3 is 0 Å². The van der Waals surface area contributed by atoms with Crippen LogP contribution in [0.2, 0.25) is 0 Å². The number of aliphatic hydroxyl groups excluding tert-OH is 1. The van der Waals surface area contributed by atoms with Gasteiger partial charge in [-0.05, 0) is 65.4 Å². The third-order valence-corrected chi connectivity index (χ3v) is 11.1. The maximum atomic E-state index is 12.2. The van der Waals surface area contributed by atoms with E-state index in [-0.39, 0.29) is 47.9 Å². The summed E-state index contributed by atoms with van der Waals surface area (Å²) in [5.41, 5.74) is 5.15. The van der Waals surface area contributed by atoms with Gasteiger partial charge in [0.25, 0.3) is 0 Å². The third kappa shape index (κ3) is 6.86. The molecule has 0 atom stereocenters. The summed E-state index contributed by atoms with van der Waals surface area (Å²) in [4.78, 5) is 16.9. The van der Waals surface area contributed by atoms with Gasteiger partial charge < -0.3 is 13.9 Å². The van der Waals surface area contributed by atoms with Crippen molar-refractivity contribution in [2.45, 2.75) is 93.4 Å². The van der Waals surface area contributed by atoms with Gasteiger partial charge in [0.1, 0.15) is 22.5 Å². The van der Waals surface area contributed by atoms with Crippen LogP contribution in [-0.2, 0) is 30.3 Å². The molecule has 6 rings (SSSR count). The summed E-state index contributed by atoms with van der Waals surface area (Å²) in [7, 11) is 0. The molecule has 1 radical (unpaired) electrons. The van der Waals surface area contributed by atoms with E-state index in [0.29, 0.717) is 0 Å². The number of ketones is 1. The zero-order valence-corrected chi connectivity index (χ0v) is 32.2. The summed E-state index contributed by atoms with van der Waals surface area (Å²) in [5, 5.41) is 16.5. The molecule has 251 valence electrons. The number of hydrogen-bond acceptors (Lipinski definition) is 6. The Balaban J connectivity index is 0.000000242. The molecular weight excluding hydrogens is 783 g/mol. The van der Waals surface area contributed by atoms with Gasteiger partial charge in [-0.25, -0.2) is 0 Å². The van der Waals surface area contributed by atoms with Crippen molar-refractivity contribution in [2.24, 2.45) is 10.8 Å². The van der Waals surface area contributed by atoms with Crippen molar-refractivity contribution in [3.05, 3.63) is 77.7 Å². The third-order valence-electron chi connectivity index (χ3n) is 10.1. The monoisotopic (exact) mass is 829 g/mol. The molecular formula is C40H46IrNO4S-. The number of nitrogens with zero attached hydrogens (tertiary/aromatic N) is 1. The van der Waals surface area contributed by atoms with E-state index in [9.17, 15) is 9.90 Å². The number of aliphatic hydroxyl groups is 1. The molecule has 0 bridgehead atoms. The predicted molar refractivity (Wildman–Crippen MR) is 193 cm³/mol. The number of pyridine rings is 1. The number of carbonyl (C=O) groups is 1. The van der Waals surface area contributed by atoms with Crippen LogP contribution in [0.25, 0.3) is 54.3 Å². The summed E-state index contributed by atoms with van der Waals surface area (Å²) in [5.74, 6) is 0.286. The minimum absolute atomic E-state index is 0. The van der Waals surface area contributed by atoms with Crippen molar-refractivity contribution in [1.82, 2.24) is 4.98 Å². The molecule has 7 heteroatoms. The smallest absolute Gasteiger partial charge is 0.164 e. The first kappa shape index (κ1) is 36.6. The second-order valence-electron chi connectivity index (χ2n) is 13.8. The molecule has 6 aromatic rings. The fourth-order valence-electron chi connectivity index (χ4n) is 5.80. The molecule has 0 aliphatic rings. The standard InChI is InChI=1S/C25H18NO2S.C15H28O2.Ir/c1-25(2,3)18-13-15(12-14-8-11-29-24(14)18)22-21-17-4-5-19-16(7-10-27-19)23(17)28-20(21)6-9-26-22;1-7-14(5,8-2)12(16)11-13(17)15(6,9-3)10-4;/h4-11,13H,1-3H3;11,16H,7-10H2,1-6H3;/q-1;;/b;12-11-;. The Kier molecular flexibility index (Phi) is 11.0. The van der Waals surface area contributed by atoms with Crippen molar-refractivity contribution >= 4 is 60.1 Å². The van der Waals surface area contributed by atoms with Crippen LogP contribution in [0, 0.1) is 16.9 Å². The van der Waals surface area contributed by atoms with Crippen LogP contribution >= 0.6 is 11.3 Å². The van der Waals surface area contributed by atoms with Gasteiger partial charge in [-0.1, -0.05) is 73.4 Å². The molecule has 47 heavy (non-hydrogen) atoms. The van der Waals surface area contributed by atoms with Gasteiger partial charge in [0.2, 0.25) is 0 Å². The van der Waals surface area contributed by atoms with Gasteiger partial charge in [-0.3, -0.25) is 9.78 Å². The van der Waals surface area contributed by atoms with Crippen molar-refractivity contribution in [3.8, 4) is 11.3 Å². The van der Waals surface area contributed by atoms with Crippen molar-refractivity contribution in [1.29, 1.82) is 0 Å². The number of hydrogen-bond donors (Lipinski definition) is 1. The number of benzene rings is 2. The molecule has 0 fully saturated rings. The number of allylic oxidation sites excluding steroid dienone is 2. The molecule has 0 amide bonds. The van der Waals surface area contributed by atoms with E-state index in [1.165, 1.54) is 16.3 Å². The summed E-state index contributed by atoms with van der Waals surface area (Å²) in [6, 6.07) is 15.9. The molecule has 1 N–H and O–H groups in total. The molecule has 0 aliphatic heterocycles. The predicted octanol–water partition coefficient (Wildman–Crippen LogP) is 12.4. The zero-order chi connectivity index (χ0) is 33.4. The first-order chi connectivity index (χ1) is 21.8. The number of furan rings is 2. The molecule has 0 saturated carbocycles.